The van der Waals surface area contributed by atoms with Crippen LogP contribution in [0, 0.1) is 23.2 Å². The summed E-state index contributed by atoms with van der Waals surface area (Å²) in [5, 5.41) is 10.1. The number of benzene rings is 1. The summed E-state index contributed by atoms with van der Waals surface area (Å²) >= 11 is 0. The molecule has 0 aliphatic heterocycles. The van der Waals surface area contributed by atoms with Gasteiger partial charge in [-0.1, -0.05) is 17.9 Å². The molecule has 1 aromatic carbocycles. The number of carbonyl (C=O) groups excluding carboxylic acids is 1. The van der Waals surface area contributed by atoms with Crippen molar-refractivity contribution in [2.75, 3.05) is 14.1 Å². The first-order valence-electron chi connectivity index (χ1n) is 10.2. The fraction of sp³-hybridized carbons (Fsp3) is 0.565. The molecule has 1 unspecified atom stereocenters. The minimum atomic E-state index is -1.02. The maximum Gasteiger partial charge on any atom is 0.192 e. The van der Waals surface area contributed by atoms with Crippen LogP contribution in [0.3, 0.4) is 0 Å². The van der Waals surface area contributed by atoms with Gasteiger partial charge in [0.2, 0.25) is 0 Å². The molecule has 28 heavy (non-hydrogen) atoms. The van der Waals surface area contributed by atoms with Crippen LogP contribution in [0.5, 0.6) is 0 Å². The van der Waals surface area contributed by atoms with Crippen molar-refractivity contribution in [3.63, 3.8) is 0 Å². The van der Waals surface area contributed by atoms with Gasteiger partial charge in [-0.25, -0.2) is 4.99 Å². The number of fused-ring (bicyclic) bond motifs is 1. The molecule has 1 spiro atoms. The van der Waals surface area contributed by atoms with Crippen LogP contribution in [0.25, 0.3) is 0 Å². The Labute approximate surface area is 167 Å². The maximum absolute atomic E-state index is 12.7. The Kier molecular flexibility index (Phi) is 4.71. The highest BCUT2D eigenvalue weighted by atomic mass is 16.3. The quantitative estimate of drug-likeness (QED) is 0.357. The number of hydrogen-bond acceptors (Lipinski definition) is 3. The number of nitrogens with two attached hydrogens (primary N) is 1. The Morgan fingerprint density at radius 3 is 2.61 bits per heavy atom. The first kappa shape index (κ1) is 19.0. The average molecular weight is 380 g/mol. The van der Waals surface area contributed by atoms with E-state index in [4.69, 9.17) is 10.7 Å². The van der Waals surface area contributed by atoms with Crippen molar-refractivity contribution in [2.45, 2.75) is 56.6 Å². The van der Waals surface area contributed by atoms with Gasteiger partial charge in [0.15, 0.2) is 17.8 Å². The zero-order valence-corrected chi connectivity index (χ0v) is 16.7. The summed E-state index contributed by atoms with van der Waals surface area (Å²) < 4.78 is 0. The lowest BCUT2D eigenvalue weighted by atomic mass is 9.62. The fourth-order valence-corrected chi connectivity index (χ4v) is 4.75. The molecule has 1 aromatic rings. The van der Waals surface area contributed by atoms with Crippen molar-refractivity contribution in [2.24, 2.45) is 22.1 Å². The van der Waals surface area contributed by atoms with Crippen LogP contribution in [0.1, 0.15) is 55.2 Å². The van der Waals surface area contributed by atoms with Gasteiger partial charge in [-0.05, 0) is 68.2 Å². The number of aliphatic hydroxyl groups excluding tert-OH is 1. The van der Waals surface area contributed by atoms with Gasteiger partial charge in [0, 0.05) is 31.0 Å². The van der Waals surface area contributed by atoms with Crippen LogP contribution >= 0.6 is 0 Å². The second-order valence-corrected chi connectivity index (χ2v) is 8.85. The lowest BCUT2D eigenvalue weighted by molar-refractivity contribution is -0.118. The molecule has 2 saturated carbocycles. The van der Waals surface area contributed by atoms with Crippen molar-refractivity contribution in [3.8, 4) is 11.8 Å². The minimum Gasteiger partial charge on any atom is -0.393 e. The second kappa shape index (κ2) is 6.93. The molecule has 0 amide bonds. The summed E-state index contributed by atoms with van der Waals surface area (Å²) in [6.45, 7) is 0. The second-order valence-electron chi connectivity index (χ2n) is 8.85. The summed E-state index contributed by atoms with van der Waals surface area (Å²) in [5.74, 6) is 7.45. The zero-order chi connectivity index (χ0) is 19.9. The van der Waals surface area contributed by atoms with Crippen molar-refractivity contribution >= 4 is 12.2 Å². The van der Waals surface area contributed by atoms with E-state index in [9.17, 15) is 9.90 Å². The molecule has 0 heterocycles. The van der Waals surface area contributed by atoms with Crippen LogP contribution in [-0.2, 0) is 16.8 Å². The highest BCUT2D eigenvalue weighted by Crippen LogP contribution is 2.59. The van der Waals surface area contributed by atoms with Gasteiger partial charge in [-0.3, -0.25) is 0 Å². The Morgan fingerprint density at radius 2 is 2.00 bits per heavy atom. The van der Waals surface area contributed by atoms with Gasteiger partial charge >= 0.3 is 0 Å². The Bertz CT molecular complexity index is 868. The van der Waals surface area contributed by atoms with Crippen LogP contribution in [-0.4, -0.2) is 42.5 Å². The van der Waals surface area contributed by atoms with Gasteiger partial charge in [0.05, 0.1) is 6.10 Å². The first-order valence-corrected chi connectivity index (χ1v) is 10.2. The van der Waals surface area contributed by atoms with Crippen LogP contribution < -0.4 is 5.73 Å². The molecule has 148 valence electrons. The van der Waals surface area contributed by atoms with Gasteiger partial charge < -0.3 is 20.5 Å². The summed E-state index contributed by atoms with van der Waals surface area (Å²) in [6.07, 6.45) is 6.75. The van der Waals surface area contributed by atoms with Crippen molar-refractivity contribution in [1.82, 2.24) is 4.90 Å². The van der Waals surface area contributed by atoms with E-state index >= 15 is 0 Å². The predicted molar refractivity (Wildman–Crippen MR) is 110 cm³/mol. The fourth-order valence-electron chi connectivity index (χ4n) is 4.75. The number of hydrogen-bond donors (Lipinski definition) is 2. The molecular formula is C23H29N3O2. The standard InChI is InChI=1S/C23H29N3O2/c1-26(2)21(24)25-23(15-27)20-13-17(6-5-16-3-4-16)7-8-18(20)14-22(23)11-9-19(28)10-12-22/h7-8,13,15-16,19,28H,3-4,9-12,14H2,1-2H3,(H2,24,25). The summed E-state index contributed by atoms with van der Waals surface area (Å²) in [4.78, 5) is 19.3. The van der Waals surface area contributed by atoms with Gasteiger partial charge in [0.1, 0.15) is 0 Å². The van der Waals surface area contributed by atoms with Crippen molar-refractivity contribution in [3.05, 3.63) is 34.9 Å². The van der Waals surface area contributed by atoms with Crippen LogP contribution in [0.2, 0.25) is 0 Å². The molecule has 0 saturated heterocycles. The molecule has 3 aliphatic rings. The molecule has 0 bridgehead atoms. The minimum absolute atomic E-state index is 0.297. The molecule has 3 aliphatic carbocycles. The zero-order valence-electron chi connectivity index (χ0n) is 16.7. The Balaban J connectivity index is 1.84. The number of aliphatic hydroxyl groups is 1. The molecule has 1 atom stereocenters. The van der Waals surface area contributed by atoms with Gasteiger partial charge in [0.25, 0.3) is 0 Å². The molecule has 5 nitrogen and oxygen atoms in total. The maximum atomic E-state index is 12.7. The summed E-state index contributed by atoms with van der Waals surface area (Å²) in [6, 6.07) is 6.20. The van der Waals surface area contributed by atoms with E-state index < -0.39 is 5.54 Å². The third-order valence-electron chi connectivity index (χ3n) is 6.69. The van der Waals surface area contributed by atoms with E-state index in [1.54, 1.807) is 4.90 Å². The normalized spacial score (nSPS) is 31.8. The molecule has 2 fully saturated rings. The van der Waals surface area contributed by atoms with E-state index in [1.807, 2.05) is 20.2 Å². The highest BCUT2D eigenvalue weighted by molar-refractivity contribution is 5.84. The molecule has 0 radical (unpaired) electrons. The summed E-state index contributed by atoms with van der Waals surface area (Å²) in [7, 11) is 3.67. The van der Waals surface area contributed by atoms with E-state index in [-0.39, 0.29) is 11.5 Å². The Morgan fingerprint density at radius 1 is 1.29 bits per heavy atom. The van der Waals surface area contributed by atoms with E-state index in [0.29, 0.717) is 24.7 Å². The number of guanidine groups is 1. The highest BCUT2D eigenvalue weighted by Gasteiger charge is 2.59. The molecule has 5 heteroatoms. The topological polar surface area (TPSA) is 78.9 Å². The monoisotopic (exact) mass is 379 g/mol. The summed E-state index contributed by atoms with van der Waals surface area (Å²) in [5.41, 5.74) is 7.88. The van der Waals surface area contributed by atoms with E-state index in [2.05, 4.69) is 24.0 Å². The van der Waals surface area contributed by atoms with Crippen molar-refractivity contribution in [1.29, 1.82) is 0 Å². The number of aldehydes is 1. The third kappa shape index (κ3) is 3.10. The molecular weight excluding hydrogens is 350 g/mol. The predicted octanol–water partition coefficient (Wildman–Crippen LogP) is 2.20. The van der Waals surface area contributed by atoms with Gasteiger partial charge in [-0.15, -0.1) is 0 Å². The number of nitrogens with zero attached hydrogens (tertiary/aromatic N) is 2. The molecule has 4 rings (SSSR count). The smallest absolute Gasteiger partial charge is 0.192 e. The number of aliphatic imine (C=N–C) groups is 1. The van der Waals surface area contributed by atoms with Crippen molar-refractivity contribution < 1.29 is 9.90 Å². The Hall–Kier alpha value is -2.32. The average Bonchev–Trinajstić information content (AvgIpc) is 3.47. The molecule has 0 aromatic heterocycles. The lowest BCUT2D eigenvalue weighted by Crippen LogP contribution is -2.48. The van der Waals surface area contributed by atoms with Gasteiger partial charge in [-0.2, -0.15) is 0 Å². The largest absolute Gasteiger partial charge is 0.393 e. The van der Waals surface area contributed by atoms with E-state index in [1.165, 1.54) is 12.8 Å². The first-order chi connectivity index (χ1) is 13.4. The SMILES string of the molecule is CN(C)/C(N)=N\C1(C=O)c2cc(C#CC3CC3)ccc2CC12CCC(O)CC2. The molecule has 3 N–H and O–H groups in total. The number of rotatable bonds is 2. The lowest BCUT2D eigenvalue weighted by Gasteiger charge is -2.44. The third-order valence-corrected chi connectivity index (χ3v) is 6.69. The number of carbonyl (C=O) groups is 1. The van der Waals surface area contributed by atoms with Crippen LogP contribution in [0.15, 0.2) is 23.2 Å². The van der Waals surface area contributed by atoms with E-state index in [0.717, 1.165) is 42.2 Å². The van der Waals surface area contributed by atoms with Crippen LogP contribution in [0.4, 0.5) is 0 Å².